The summed E-state index contributed by atoms with van der Waals surface area (Å²) in [7, 11) is 0. The van der Waals surface area contributed by atoms with Gasteiger partial charge in [0.25, 0.3) is 12.3 Å². The summed E-state index contributed by atoms with van der Waals surface area (Å²) in [5.74, 6) is 0. The largest absolute Gasteiger partial charge is 1.00 e. The molecular formula is C2H2Na2O8. The van der Waals surface area contributed by atoms with E-state index < -0.39 is 12.3 Å². The van der Waals surface area contributed by atoms with Crippen LogP contribution in [0.1, 0.15) is 0 Å². The van der Waals surface area contributed by atoms with Crippen LogP contribution in [0.4, 0.5) is 9.59 Å². The molecule has 0 aromatic rings. The van der Waals surface area contributed by atoms with E-state index in [1.165, 1.54) is 0 Å². The molecule has 0 spiro atoms. The van der Waals surface area contributed by atoms with Crippen molar-refractivity contribution in [3.8, 4) is 0 Å². The van der Waals surface area contributed by atoms with Gasteiger partial charge < -0.3 is 29.6 Å². The first kappa shape index (κ1) is 22.9. The van der Waals surface area contributed by atoms with Crippen molar-refractivity contribution < 1.29 is 99.2 Å². The zero-order chi connectivity index (χ0) is 8.57. The summed E-state index contributed by atoms with van der Waals surface area (Å²) in [6.07, 6.45) is -3.88. The van der Waals surface area contributed by atoms with Gasteiger partial charge in [-0.1, -0.05) is 0 Å². The maximum atomic E-state index is 8.78. The number of carbonyl (C=O) groups excluding carboxylic acids is 2. The van der Waals surface area contributed by atoms with Gasteiger partial charge in [0.05, 0.1) is 0 Å². The zero-order valence-electron chi connectivity index (χ0n) is 6.34. The van der Waals surface area contributed by atoms with Crippen LogP contribution in [0.5, 0.6) is 0 Å². The second-order valence-electron chi connectivity index (χ2n) is 0.683. The van der Waals surface area contributed by atoms with Crippen LogP contribution in [0, 0.1) is 0 Å². The molecule has 0 fully saturated rings. The van der Waals surface area contributed by atoms with Crippen molar-refractivity contribution in [3.05, 3.63) is 0 Å². The Hall–Kier alpha value is 0.460. The minimum Gasteiger partial charge on any atom is -0.424 e. The van der Waals surface area contributed by atoms with Crippen LogP contribution in [-0.2, 0) is 9.78 Å². The molecule has 12 heavy (non-hydrogen) atoms. The number of carbonyl (C=O) groups is 2. The molecular weight excluding hydrogens is 198 g/mol. The van der Waals surface area contributed by atoms with Crippen LogP contribution in [0.15, 0.2) is 0 Å². The van der Waals surface area contributed by atoms with Crippen molar-refractivity contribution in [3.63, 3.8) is 0 Å². The molecule has 0 aromatic heterocycles. The van der Waals surface area contributed by atoms with Gasteiger partial charge in [-0.25, -0.2) is 0 Å². The van der Waals surface area contributed by atoms with Crippen molar-refractivity contribution in [1.29, 1.82) is 0 Å². The van der Waals surface area contributed by atoms with Gasteiger partial charge in [-0.2, -0.15) is 0 Å². The molecule has 0 amide bonds. The predicted molar refractivity (Wildman–Crippen MR) is 18.2 cm³/mol. The molecule has 0 heterocycles. The van der Waals surface area contributed by atoms with E-state index >= 15 is 0 Å². The summed E-state index contributed by atoms with van der Waals surface area (Å²) in [6.45, 7) is 0. The molecule has 0 aliphatic rings. The molecule has 0 atom stereocenters. The Balaban J connectivity index is -0.0000000457. The van der Waals surface area contributed by atoms with Crippen molar-refractivity contribution >= 4 is 12.3 Å². The van der Waals surface area contributed by atoms with Crippen molar-refractivity contribution in [2.75, 3.05) is 0 Å². The summed E-state index contributed by atoms with van der Waals surface area (Å²) in [4.78, 5) is 22.7. The average molecular weight is 200 g/mol. The van der Waals surface area contributed by atoms with Gasteiger partial charge in [0.15, 0.2) is 0 Å². The summed E-state index contributed by atoms with van der Waals surface area (Å²) in [5, 5.41) is 31.5. The van der Waals surface area contributed by atoms with Crippen LogP contribution in [-0.4, -0.2) is 22.8 Å². The molecule has 0 saturated carbocycles. The fourth-order valence-electron chi connectivity index (χ4n) is 0. The number of rotatable bonds is 0. The minimum atomic E-state index is -1.94. The summed E-state index contributed by atoms with van der Waals surface area (Å²) < 4.78 is 0. The van der Waals surface area contributed by atoms with E-state index in [0.29, 0.717) is 0 Å². The fourth-order valence-corrected chi connectivity index (χ4v) is 0. The molecule has 0 unspecified atom stereocenters. The van der Waals surface area contributed by atoms with Gasteiger partial charge in [-0.15, -0.1) is 0 Å². The monoisotopic (exact) mass is 200 g/mol. The second kappa shape index (κ2) is 17.5. The molecule has 0 aromatic carbocycles. The Labute approximate surface area is 111 Å². The summed E-state index contributed by atoms with van der Waals surface area (Å²) in [6, 6.07) is 0. The van der Waals surface area contributed by atoms with E-state index in [2.05, 4.69) is 9.78 Å². The van der Waals surface area contributed by atoms with Gasteiger partial charge in [0.1, 0.15) is 0 Å². The quantitative estimate of drug-likeness (QED) is 0.223. The normalized spacial score (nSPS) is 5.50. The third kappa shape index (κ3) is 47.1. The van der Waals surface area contributed by atoms with Crippen molar-refractivity contribution in [2.24, 2.45) is 0 Å². The van der Waals surface area contributed by atoms with Crippen LogP contribution in [0.2, 0.25) is 0 Å². The molecule has 8 nitrogen and oxygen atoms in total. The molecule has 0 saturated heterocycles. The molecule has 0 aliphatic heterocycles. The van der Waals surface area contributed by atoms with Crippen LogP contribution >= 0.6 is 0 Å². The van der Waals surface area contributed by atoms with Crippen LogP contribution in [0.25, 0.3) is 0 Å². The van der Waals surface area contributed by atoms with Gasteiger partial charge in [-0.05, 0) is 0 Å². The van der Waals surface area contributed by atoms with E-state index in [-0.39, 0.29) is 59.1 Å². The summed E-state index contributed by atoms with van der Waals surface area (Å²) in [5.41, 5.74) is 0. The third-order valence-corrected chi connectivity index (χ3v) is 0.149. The topological polar surface area (TPSA) is 139 Å². The Morgan fingerprint density at radius 3 is 1.00 bits per heavy atom. The van der Waals surface area contributed by atoms with Crippen LogP contribution < -0.4 is 69.3 Å². The van der Waals surface area contributed by atoms with E-state index in [9.17, 15) is 0 Å². The van der Waals surface area contributed by atoms with Gasteiger partial charge in [-0.3, -0.25) is 10.5 Å². The van der Waals surface area contributed by atoms with E-state index in [1.54, 1.807) is 0 Å². The minimum absolute atomic E-state index is 0. The van der Waals surface area contributed by atoms with Gasteiger partial charge in [0.2, 0.25) is 0 Å². The molecule has 10 heteroatoms. The maximum absolute atomic E-state index is 8.78. The Morgan fingerprint density at radius 2 is 1.00 bits per heavy atom. The van der Waals surface area contributed by atoms with E-state index in [0.717, 1.165) is 0 Å². The Morgan fingerprint density at radius 1 is 0.917 bits per heavy atom. The molecule has 2 N–H and O–H groups in total. The fraction of sp³-hybridized carbons (Fsp3) is 0. The van der Waals surface area contributed by atoms with Crippen molar-refractivity contribution in [2.45, 2.75) is 0 Å². The molecule has 0 rings (SSSR count). The first-order valence-electron chi connectivity index (χ1n) is 1.59. The molecule has 0 bridgehead atoms. The van der Waals surface area contributed by atoms with Crippen molar-refractivity contribution in [1.82, 2.24) is 0 Å². The SMILES string of the molecule is O=C([O-])OO.O=C([O-])OO.[Na+].[Na+]. The number of hydrogen-bond donors (Lipinski definition) is 2. The molecule has 0 radical (unpaired) electrons. The number of hydrogen-bond acceptors (Lipinski definition) is 8. The van der Waals surface area contributed by atoms with E-state index in [4.69, 9.17) is 30.3 Å². The third-order valence-electron chi connectivity index (χ3n) is 0.149. The van der Waals surface area contributed by atoms with E-state index in [1.807, 2.05) is 0 Å². The smallest absolute Gasteiger partial charge is 0.424 e. The zero-order valence-corrected chi connectivity index (χ0v) is 10.3. The molecule has 60 valence electrons. The first-order chi connectivity index (χ1) is 4.54. The Kier molecular flexibility index (Phi) is 33.4. The molecule has 0 aliphatic carbocycles. The second-order valence-corrected chi connectivity index (χ2v) is 0.683. The Bertz CT molecular complexity index is 99.6. The van der Waals surface area contributed by atoms with Crippen LogP contribution in [0.3, 0.4) is 0 Å². The first-order valence-corrected chi connectivity index (χ1v) is 1.59. The standard InChI is InChI=1S/2CH2O4.2Na/c2*2-1(3)5-4;;/h2*4H,(H,2,3);;/q;;2*+1/p-2. The maximum Gasteiger partial charge on any atom is 1.00 e. The average Bonchev–Trinajstić information content (AvgIpc) is 1.89. The predicted octanol–water partition coefficient (Wildman–Crippen LogP) is -8.35. The number of carboxylic acid groups (broad SMARTS) is 2. The summed E-state index contributed by atoms with van der Waals surface area (Å²) >= 11 is 0. The van der Waals surface area contributed by atoms with Gasteiger partial charge >= 0.3 is 59.1 Å². The van der Waals surface area contributed by atoms with Gasteiger partial charge in [0, 0.05) is 0 Å².